The highest BCUT2D eigenvalue weighted by molar-refractivity contribution is 7.92. The summed E-state index contributed by atoms with van der Waals surface area (Å²) in [6.45, 7) is 2.93. The molecule has 1 aliphatic rings. The van der Waals surface area contributed by atoms with Gasteiger partial charge in [0.2, 0.25) is 16.0 Å². The zero-order chi connectivity index (χ0) is 24.1. The summed E-state index contributed by atoms with van der Waals surface area (Å²) < 4.78 is 51.1. The lowest BCUT2D eigenvalue weighted by molar-refractivity contribution is 0.122. The number of rotatable bonds is 8. The van der Waals surface area contributed by atoms with Gasteiger partial charge >= 0.3 is 0 Å². The second-order valence-electron chi connectivity index (χ2n) is 7.54. The molecule has 0 unspecified atom stereocenters. The summed E-state index contributed by atoms with van der Waals surface area (Å²) in [5.41, 5.74) is 2.21. The third-order valence-electron chi connectivity index (χ3n) is 5.03. The van der Waals surface area contributed by atoms with Crippen LogP contribution in [0.3, 0.4) is 0 Å². The molecule has 2 heterocycles. The predicted molar refractivity (Wildman–Crippen MR) is 137 cm³/mol. The van der Waals surface area contributed by atoms with Crippen LogP contribution in [0.1, 0.15) is 0 Å². The summed E-state index contributed by atoms with van der Waals surface area (Å²) in [6, 6.07) is 12.2. The molecule has 4 rings (SSSR count). The van der Waals surface area contributed by atoms with Crippen LogP contribution in [0.15, 0.2) is 48.7 Å². The van der Waals surface area contributed by atoms with Crippen molar-refractivity contribution in [3.05, 3.63) is 54.5 Å². The maximum Gasteiger partial charge on any atom is 0.229 e. The minimum atomic E-state index is -3.52. The molecule has 0 spiro atoms. The van der Waals surface area contributed by atoms with Gasteiger partial charge in [-0.2, -0.15) is 4.98 Å². The molecule has 0 saturated carbocycles. The lowest BCUT2D eigenvalue weighted by Crippen LogP contribution is -2.36. The van der Waals surface area contributed by atoms with Crippen molar-refractivity contribution in [3.8, 4) is 5.75 Å². The number of sulfonamides is 1. The molecule has 3 aromatic rings. The van der Waals surface area contributed by atoms with Crippen LogP contribution in [-0.4, -0.2) is 58.1 Å². The standard InChI is InChI=1S/C22H25FN6O4S.ClH/c1-32-20-13-15(29-9-11-33-12-10-29)7-8-19(20)26-22-24-14-16(23)21(27-22)25-17-5-3-4-6-18(17)28-34(2,30)31;/h3-8,13-14,28H,9-12H2,1-2H3,(H2,24,25,26,27);1H. The van der Waals surface area contributed by atoms with E-state index in [0.29, 0.717) is 30.3 Å². The molecule has 1 fully saturated rings. The van der Waals surface area contributed by atoms with E-state index in [-0.39, 0.29) is 29.9 Å². The normalized spacial score (nSPS) is 13.5. The van der Waals surface area contributed by atoms with Crippen LogP contribution in [0.4, 0.5) is 38.9 Å². The van der Waals surface area contributed by atoms with Gasteiger partial charge in [-0.15, -0.1) is 12.4 Å². The van der Waals surface area contributed by atoms with Crippen molar-refractivity contribution < 1.29 is 22.3 Å². The molecule has 0 bridgehead atoms. The molecule has 1 aliphatic heterocycles. The van der Waals surface area contributed by atoms with Gasteiger partial charge in [0.1, 0.15) is 5.75 Å². The maximum atomic E-state index is 14.5. The Bertz CT molecular complexity index is 1270. The Labute approximate surface area is 209 Å². The fourth-order valence-corrected chi connectivity index (χ4v) is 4.02. The number of aromatic nitrogens is 2. The first kappa shape index (κ1) is 26.3. The van der Waals surface area contributed by atoms with Crippen LogP contribution in [0.5, 0.6) is 5.75 Å². The van der Waals surface area contributed by atoms with Crippen LogP contribution >= 0.6 is 12.4 Å². The van der Waals surface area contributed by atoms with Crippen LogP contribution in [-0.2, 0) is 14.8 Å². The molecular formula is C22H26ClFN6O4S. The van der Waals surface area contributed by atoms with Crippen molar-refractivity contribution in [2.45, 2.75) is 0 Å². The number of methoxy groups -OCH3 is 1. The Hall–Kier alpha value is -3.35. The van der Waals surface area contributed by atoms with Crippen LogP contribution < -0.4 is 25.0 Å². The number of nitrogens with zero attached hydrogens (tertiary/aromatic N) is 3. The summed E-state index contributed by atoms with van der Waals surface area (Å²) in [5, 5.41) is 5.88. The maximum absolute atomic E-state index is 14.5. The number of nitrogens with one attached hydrogen (secondary N) is 3. The first-order chi connectivity index (χ1) is 16.3. The number of halogens is 2. The highest BCUT2D eigenvalue weighted by atomic mass is 35.5. The van der Waals surface area contributed by atoms with Gasteiger partial charge in [-0.05, 0) is 24.3 Å². The molecule has 0 amide bonds. The summed E-state index contributed by atoms with van der Waals surface area (Å²) in [6.07, 6.45) is 2.06. The Balaban J connectivity index is 0.00000342. The third kappa shape index (κ3) is 6.84. The van der Waals surface area contributed by atoms with E-state index in [4.69, 9.17) is 9.47 Å². The van der Waals surface area contributed by atoms with E-state index in [0.717, 1.165) is 31.2 Å². The van der Waals surface area contributed by atoms with Gasteiger partial charge in [-0.25, -0.2) is 17.8 Å². The highest BCUT2D eigenvalue weighted by Gasteiger charge is 2.16. The van der Waals surface area contributed by atoms with Gasteiger partial charge < -0.3 is 25.0 Å². The van der Waals surface area contributed by atoms with E-state index in [9.17, 15) is 12.8 Å². The largest absolute Gasteiger partial charge is 0.494 e. The molecule has 3 N–H and O–H groups in total. The van der Waals surface area contributed by atoms with E-state index in [1.54, 1.807) is 31.4 Å². The summed E-state index contributed by atoms with van der Waals surface area (Å²) in [4.78, 5) is 10.4. The van der Waals surface area contributed by atoms with Crippen molar-refractivity contribution in [1.82, 2.24) is 9.97 Å². The first-order valence-corrected chi connectivity index (χ1v) is 12.4. The van der Waals surface area contributed by atoms with Crippen molar-refractivity contribution in [1.29, 1.82) is 0 Å². The highest BCUT2D eigenvalue weighted by Crippen LogP contribution is 2.32. The monoisotopic (exact) mass is 524 g/mol. The first-order valence-electron chi connectivity index (χ1n) is 10.5. The van der Waals surface area contributed by atoms with Crippen molar-refractivity contribution in [3.63, 3.8) is 0 Å². The topological polar surface area (TPSA) is 118 Å². The minimum Gasteiger partial charge on any atom is -0.494 e. The number of hydrogen-bond acceptors (Lipinski definition) is 9. The van der Waals surface area contributed by atoms with E-state index in [1.807, 2.05) is 18.2 Å². The predicted octanol–water partition coefficient (Wildman–Crippen LogP) is 3.74. The molecular weight excluding hydrogens is 499 g/mol. The summed E-state index contributed by atoms with van der Waals surface area (Å²) in [5.74, 6) is -0.109. The number of benzene rings is 2. The Morgan fingerprint density at radius 1 is 1.06 bits per heavy atom. The zero-order valence-corrected chi connectivity index (χ0v) is 20.7. The van der Waals surface area contributed by atoms with Crippen molar-refractivity contribution >= 4 is 56.9 Å². The quantitative estimate of drug-likeness (QED) is 0.405. The van der Waals surface area contributed by atoms with Gasteiger partial charge in [-0.1, -0.05) is 12.1 Å². The third-order valence-corrected chi connectivity index (χ3v) is 5.62. The second-order valence-corrected chi connectivity index (χ2v) is 9.29. The number of anilines is 6. The Morgan fingerprint density at radius 3 is 2.46 bits per heavy atom. The number of para-hydroxylation sites is 2. The average molecular weight is 525 g/mol. The SMILES string of the molecule is COc1cc(N2CCOCC2)ccc1Nc1ncc(F)c(Nc2ccccc2NS(C)(=O)=O)n1.Cl. The van der Waals surface area contributed by atoms with Crippen molar-refractivity contribution in [2.75, 3.05) is 59.9 Å². The lowest BCUT2D eigenvalue weighted by atomic mass is 10.2. The molecule has 0 aliphatic carbocycles. The van der Waals surface area contributed by atoms with Crippen molar-refractivity contribution in [2.24, 2.45) is 0 Å². The van der Waals surface area contributed by atoms with Gasteiger partial charge in [0.05, 0.1) is 49.8 Å². The number of hydrogen-bond donors (Lipinski definition) is 3. The fraction of sp³-hybridized carbons (Fsp3) is 0.273. The van der Waals surface area contributed by atoms with E-state index in [1.165, 1.54) is 0 Å². The van der Waals surface area contributed by atoms with Crippen LogP contribution in [0, 0.1) is 5.82 Å². The van der Waals surface area contributed by atoms with Crippen LogP contribution in [0.25, 0.3) is 0 Å². The molecule has 2 aromatic carbocycles. The molecule has 1 saturated heterocycles. The van der Waals surface area contributed by atoms with E-state index in [2.05, 4.69) is 30.2 Å². The van der Waals surface area contributed by atoms with Gasteiger partial charge in [0, 0.05) is 24.8 Å². The fourth-order valence-electron chi connectivity index (χ4n) is 3.45. The molecule has 13 heteroatoms. The molecule has 0 atom stereocenters. The summed E-state index contributed by atoms with van der Waals surface area (Å²) >= 11 is 0. The van der Waals surface area contributed by atoms with Crippen LogP contribution in [0.2, 0.25) is 0 Å². The second kappa shape index (κ2) is 11.4. The number of ether oxygens (including phenoxy) is 2. The van der Waals surface area contributed by atoms with E-state index < -0.39 is 15.8 Å². The molecule has 0 radical (unpaired) electrons. The molecule has 35 heavy (non-hydrogen) atoms. The van der Waals surface area contributed by atoms with Gasteiger partial charge in [0.15, 0.2) is 11.6 Å². The number of morpholine rings is 1. The van der Waals surface area contributed by atoms with Gasteiger partial charge in [-0.3, -0.25) is 4.72 Å². The van der Waals surface area contributed by atoms with E-state index >= 15 is 0 Å². The molecule has 10 nitrogen and oxygen atoms in total. The average Bonchev–Trinajstić information content (AvgIpc) is 2.82. The Morgan fingerprint density at radius 2 is 1.77 bits per heavy atom. The lowest BCUT2D eigenvalue weighted by Gasteiger charge is -2.29. The van der Waals surface area contributed by atoms with Gasteiger partial charge in [0.25, 0.3) is 0 Å². The summed E-state index contributed by atoms with van der Waals surface area (Å²) in [7, 11) is -1.96. The molecule has 188 valence electrons. The molecule has 1 aromatic heterocycles. The minimum absolute atomic E-state index is 0. The zero-order valence-electron chi connectivity index (χ0n) is 19.1. The Kier molecular flexibility index (Phi) is 8.54. The smallest absolute Gasteiger partial charge is 0.229 e.